The molecule has 2 N–H and O–H groups in total. The van der Waals surface area contributed by atoms with Crippen molar-refractivity contribution in [2.24, 2.45) is 20.4 Å². The lowest BCUT2D eigenvalue weighted by molar-refractivity contribution is -0.134. The molecule has 1 aromatic carbocycles. The minimum atomic E-state index is -3.68. The number of fused-ring (bicyclic) bond motifs is 1. The van der Waals surface area contributed by atoms with Gasteiger partial charge in [0.05, 0.1) is 17.4 Å². The standard InChI is InChI=1S/C16H23N5O3S2.ClH/c1-3-11(2)14(17)16(22)20-7-9-21(10-8-20)26(23,24)13-6-4-5-12-15(13)19-25-18-12;/h4-6,11,14H,3,7-10,17H2,1-2H3;1H. The molecule has 1 amide bonds. The first-order valence-electron chi connectivity index (χ1n) is 8.62. The average molecular weight is 434 g/mol. The second-order valence-electron chi connectivity index (χ2n) is 6.53. The smallest absolute Gasteiger partial charge is 0.245 e. The van der Waals surface area contributed by atoms with Crippen molar-refractivity contribution in [2.75, 3.05) is 26.2 Å². The number of amides is 1. The largest absolute Gasteiger partial charge is 0.339 e. The molecule has 1 aromatic rings. The molecule has 0 spiro atoms. The van der Waals surface area contributed by atoms with Gasteiger partial charge in [-0.25, -0.2) is 8.42 Å². The van der Waals surface area contributed by atoms with Gasteiger partial charge < -0.3 is 10.6 Å². The number of benzene rings is 1. The summed E-state index contributed by atoms with van der Waals surface area (Å²) in [5.41, 5.74) is 7.00. The van der Waals surface area contributed by atoms with Crippen molar-refractivity contribution in [3.63, 3.8) is 0 Å². The van der Waals surface area contributed by atoms with E-state index in [0.29, 0.717) is 24.5 Å². The molecule has 8 nitrogen and oxygen atoms in total. The summed E-state index contributed by atoms with van der Waals surface area (Å²) in [6.45, 7) is 5.12. The number of nitrogens with zero attached hydrogens (tertiary/aromatic N) is 4. The second kappa shape index (κ2) is 8.78. The number of sulfonamides is 1. The molecule has 2 atom stereocenters. The van der Waals surface area contributed by atoms with Crippen molar-refractivity contribution in [1.82, 2.24) is 9.21 Å². The highest BCUT2D eigenvalue weighted by atomic mass is 35.5. The summed E-state index contributed by atoms with van der Waals surface area (Å²) in [4.78, 5) is 14.3. The summed E-state index contributed by atoms with van der Waals surface area (Å²) < 4.78 is 35.6. The van der Waals surface area contributed by atoms with Crippen molar-refractivity contribution < 1.29 is 13.2 Å². The van der Waals surface area contributed by atoms with E-state index < -0.39 is 16.1 Å². The Morgan fingerprint density at radius 3 is 2.56 bits per heavy atom. The third kappa shape index (κ3) is 4.24. The zero-order chi connectivity index (χ0) is 18.9. The molecule has 3 rings (SSSR count). The van der Waals surface area contributed by atoms with Crippen molar-refractivity contribution >= 4 is 51.1 Å². The molecular weight excluding hydrogens is 410 g/mol. The van der Waals surface area contributed by atoms with E-state index in [1.54, 1.807) is 23.1 Å². The summed E-state index contributed by atoms with van der Waals surface area (Å²) in [5.74, 6) is -0.0127. The quantitative estimate of drug-likeness (QED) is 0.778. The lowest BCUT2D eigenvalue weighted by Gasteiger charge is -2.36. The van der Waals surface area contributed by atoms with Crippen LogP contribution in [0.2, 0.25) is 0 Å². The average Bonchev–Trinajstić information content (AvgIpc) is 3.14. The summed E-state index contributed by atoms with van der Waals surface area (Å²) in [6, 6.07) is 4.42. The van der Waals surface area contributed by atoms with Crippen molar-refractivity contribution in [1.29, 1.82) is 0 Å². The van der Waals surface area contributed by atoms with Crippen LogP contribution in [0.4, 0.5) is 11.4 Å². The Balaban J connectivity index is 0.00000261. The van der Waals surface area contributed by atoms with Crippen LogP contribution in [0.3, 0.4) is 0 Å². The maximum atomic E-state index is 13.0. The molecule has 27 heavy (non-hydrogen) atoms. The fourth-order valence-electron chi connectivity index (χ4n) is 2.99. The van der Waals surface area contributed by atoms with Crippen molar-refractivity contribution in [3.8, 4) is 0 Å². The highest BCUT2D eigenvalue weighted by Gasteiger charge is 2.34. The van der Waals surface area contributed by atoms with E-state index in [1.165, 1.54) is 4.31 Å². The highest BCUT2D eigenvalue weighted by Crippen LogP contribution is 2.38. The number of hydrogen-bond donors (Lipinski definition) is 1. The van der Waals surface area contributed by atoms with Crippen LogP contribution < -0.4 is 5.73 Å². The van der Waals surface area contributed by atoms with Gasteiger partial charge in [0.15, 0.2) is 0 Å². The Morgan fingerprint density at radius 1 is 1.26 bits per heavy atom. The van der Waals surface area contributed by atoms with E-state index in [4.69, 9.17) is 5.73 Å². The Hall–Kier alpha value is -1.33. The zero-order valence-corrected chi connectivity index (χ0v) is 17.7. The van der Waals surface area contributed by atoms with Gasteiger partial charge in [0.25, 0.3) is 0 Å². The van der Waals surface area contributed by atoms with Gasteiger partial charge in [-0.2, -0.15) is 13.0 Å². The van der Waals surface area contributed by atoms with Gasteiger partial charge in [-0.15, -0.1) is 12.4 Å². The molecule has 2 aliphatic rings. The zero-order valence-electron chi connectivity index (χ0n) is 15.2. The number of nitrogens with two attached hydrogens (primary N) is 1. The fourth-order valence-corrected chi connectivity index (χ4v) is 5.16. The van der Waals surface area contributed by atoms with Crippen LogP contribution in [-0.2, 0) is 26.2 Å². The predicted octanol–water partition coefficient (Wildman–Crippen LogP) is 2.04. The van der Waals surface area contributed by atoms with Crippen LogP contribution in [0.25, 0.3) is 0 Å². The SMILES string of the molecule is CCC(C)C(N)C(=O)N1CCN(S(=O)(=O)c2cccc3c2N=S=N3)CC1.Cl. The van der Waals surface area contributed by atoms with Gasteiger partial charge in [-0.05, 0) is 18.1 Å². The predicted molar refractivity (Wildman–Crippen MR) is 108 cm³/mol. The van der Waals surface area contributed by atoms with E-state index in [0.717, 1.165) is 17.8 Å². The molecule has 1 saturated heterocycles. The van der Waals surface area contributed by atoms with Crippen LogP contribution in [-0.4, -0.2) is 55.8 Å². The number of carbonyl (C=O) groups is 1. The van der Waals surface area contributed by atoms with E-state index in [2.05, 4.69) is 8.73 Å². The van der Waals surface area contributed by atoms with Crippen LogP contribution in [0.15, 0.2) is 31.8 Å². The molecule has 2 heterocycles. The molecule has 2 aliphatic heterocycles. The van der Waals surface area contributed by atoms with Crippen molar-refractivity contribution in [3.05, 3.63) is 18.2 Å². The molecule has 0 saturated carbocycles. The highest BCUT2D eigenvalue weighted by molar-refractivity contribution is 7.89. The van der Waals surface area contributed by atoms with Crippen LogP contribution >= 0.6 is 12.4 Å². The number of hydrogen-bond acceptors (Lipinski definition) is 6. The normalized spacial score (nSPS) is 19.0. The monoisotopic (exact) mass is 433 g/mol. The number of halogens is 1. The first-order chi connectivity index (χ1) is 12.4. The summed E-state index contributed by atoms with van der Waals surface area (Å²) in [6.07, 6.45) is 0.826. The Kier molecular flexibility index (Phi) is 7.14. The lowest BCUT2D eigenvalue weighted by Crippen LogP contribution is -2.55. The van der Waals surface area contributed by atoms with Gasteiger partial charge in [-0.1, -0.05) is 26.3 Å². The molecule has 0 aliphatic carbocycles. The summed E-state index contributed by atoms with van der Waals surface area (Å²) in [5, 5.41) is 0. The Labute approximate surface area is 169 Å². The molecule has 2 unspecified atom stereocenters. The first kappa shape index (κ1) is 22.0. The molecular formula is C16H24ClN5O3S2. The van der Waals surface area contributed by atoms with Gasteiger partial charge in [0.1, 0.15) is 16.3 Å². The molecule has 1 fully saturated rings. The maximum Gasteiger partial charge on any atom is 0.245 e. The van der Waals surface area contributed by atoms with Gasteiger partial charge >= 0.3 is 0 Å². The topological polar surface area (TPSA) is 108 Å². The van der Waals surface area contributed by atoms with E-state index >= 15 is 0 Å². The van der Waals surface area contributed by atoms with Crippen LogP contribution in [0.5, 0.6) is 0 Å². The van der Waals surface area contributed by atoms with E-state index in [-0.39, 0.29) is 42.2 Å². The number of rotatable bonds is 5. The van der Waals surface area contributed by atoms with Crippen LogP contribution in [0, 0.1) is 5.92 Å². The van der Waals surface area contributed by atoms with E-state index in [9.17, 15) is 13.2 Å². The Bertz CT molecular complexity index is 878. The van der Waals surface area contributed by atoms with E-state index in [1.807, 2.05) is 13.8 Å². The van der Waals surface area contributed by atoms with Gasteiger partial charge in [0, 0.05) is 26.2 Å². The number of piperazine rings is 1. The molecule has 0 radical (unpaired) electrons. The number of carbonyl (C=O) groups excluding carboxylic acids is 1. The van der Waals surface area contributed by atoms with Crippen LogP contribution in [0.1, 0.15) is 20.3 Å². The third-order valence-corrected chi connectivity index (χ3v) is 7.43. The Morgan fingerprint density at radius 2 is 1.93 bits per heavy atom. The maximum absolute atomic E-state index is 13.0. The first-order valence-corrected chi connectivity index (χ1v) is 10.8. The summed E-state index contributed by atoms with van der Waals surface area (Å²) in [7, 11) is -3.68. The molecule has 0 bridgehead atoms. The summed E-state index contributed by atoms with van der Waals surface area (Å²) >= 11 is 0.992. The molecule has 0 aromatic heterocycles. The molecule has 150 valence electrons. The minimum Gasteiger partial charge on any atom is -0.339 e. The minimum absolute atomic E-state index is 0. The van der Waals surface area contributed by atoms with Gasteiger partial charge in [0.2, 0.25) is 15.9 Å². The van der Waals surface area contributed by atoms with Crippen molar-refractivity contribution in [2.45, 2.75) is 31.2 Å². The second-order valence-corrected chi connectivity index (χ2v) is 8.96. The van der Waals surface area contributed by atoms with Gasteiger partial charge in [-0.3, -0.25) is 4.79 Å². The third-order valence-electron chi connectivity index (χ3n) is 4.96. The molecule has 11 heteroatoms. The fraction of sp³-hybridized carbons (Fsp3) is 0.562. The lowest BCUT2D eigenvalue weighted by atomic mass is 9.99.